The van der Waals surface area contributed by atoms with Crippen LogP contribution in [0.5, 0.6) is 0 Å². The van der Waals surface area contributed by atoms with E-state index in [0.717, 1.165) is 38.6 Å². The van der Waals surface area contributed by atoms with Gasteiger partial charge in [0.15, 0.2) is 17.5 Å². The normalized spacial score (nSPS) is 13.4. The second-order valence-corrected chi connectivity index (χ2v) is 13.1. The molecule has 232 valence electrons. The number of hydrogen-bond acceptors (Lipinski definition) is 4. The van der Waals surface area contributed by atoms with Crippen molar-refractivity contribution in [1.82, 2.24) is 15.0 Å². The monoisotopic (exact) mass is 637 g/mol. The largest absolute Gasteiger partial charge is 0.456 e. The van der Waals surface area contributed by atoms with Crippen molar-refractivity contribution in [1.29, 1.82) is 0 Å². The molecule has 0 amide bonds. The molecule has 50 heavy (non-hydrogen) atoms. The van der Waals surface area contributed by atoms with Crippen LogP contribution in [-0.2, 0) is 5.41 Å². The van der Waals surface area contributed by atoms with Gasteiger partial charge in [-0.05, 0) is 74.8 Å². The van der Waals surface area contributed by atoms with Crippen LogP contribution in [0.1, 0.15) is 22.3 Å². The van der Waals surface area contributed by atoms with E-state index < -0.39 is 5.41 Å². The van der Waals surface area contributed by atoms with Crippen LogP contribution in [0.25, 0.3) is 78.4 Å². The lowest BCUT2D eigenvalue weighted by Crippen LogP contribution is -2.25. The van der Waals surface area contributed by atoms with E-state index in [1.807, 2.05) is 66.7 Å². The summed E-state index contributed by atoms with van der Waals surface area (Å²) in [6.07, 6.45) is 0. The average molecular weight is 638 g/mol. The van der Waals surface area contributed by atoms with Crippen LogP contribution in [0.4, 0.5) is 0 Å². The van der Waals surface area contributed by atoms with E-state index in [4.69, 9.17) is 19.4 Å². The molecule has 11 rings (SSSR count). The summed E-state index contributed by atoms with van der Waals surface area (Å²) < 4.78 is 6.61. The summed E-state index contributed by atoms with van der Waals surface area (Å²) in [5, 5.41) is 2.11. The predicted molar refractivity (Wildman–Crippen MR) is 200 cm³/mol. The Labute approximate surface area is 288 Å². The molecule has 0 unspecified atom stereocenters. The van der Waals surface area contributed by atoms with Gasteiger partial charge in [0.25, 0.3) is 0 Å². The number of hydrogen-bond donors (Lipinski definition) is 0. The Morgan fingerprint density at radius 2 is 0.800 bits per heavy atom. The Balaban J connectivity index is 1.16. The molecule has 0 fully saturated rings. The topological polar surface area (TPSA) is 51.8 Å². The first-order chi connectivity index (χ1) is 24.8. The third kappa shape index (κ3) is 3.67. The van der Waals surface area contributed by atoms with Gasteiger partial charge in [-0.3, -0.25) is 0 Å². The number of rotatable bonds is 3. The van der Waals surface area contributed by atoms with Crippen LogP contribution in [-0.4, -0.2) is 15.0 Å². The standard InChI is InChI=1S/C46H27N3O/c1-3-13-28(14-4-1)43-47-44(29-15-5-2-6-16-29)49-45(48-43)30-23-24-41-35(25-30)36-26-40-34(27-42(36)50-41)33-19-9-12-22-39(33)46(40)37-20-10-7-17-31(37)32-18-8-11-21-38(32)46/h1-27H. The van der Waals surface area contributed by atoms with Gasteiger partial charge in [-0.15, -0.1) is 0 Å². The molecule has 4 heteroatoms. The fourth-order valence-electron chi connectivity index (χ4n) is 8.44. The molecule has 0 N–H and O–H groups in total. The van der Waals surface area contributed by atoms with Gasteiger partial charge in [0.2, 0.25) is 0 Å². The molecule has 2 heterocycles. The fourth-order valence-corrected chi connectivity index (χ4v) is 8.44. The van der Waals surface area contributed by atoms with E-state index in [1.54, 1.807) is 0 Å². The predicted octanol–water partition coefficient (Wildman–Crippen LogP) is 11.1. The lowest BCUT2D eigenvalue weighted by molar-refractivity contribution is 0.669. The molecule has 0 saturated carbocycles. The quantitative estimate of drug-likeness (QED) is 0.193. The fraction of sp³-hybridized carbons (Fsp3) is 0.0217. The van der Waals surface area contributed by atoms with Crippen molar-refractivity contribution in [3.63, 3.8) is 0 Å². The van der Waals surface area contributed by atoms with Crippen LogP contribution in [0.15, 0.2) is 168 Å². The molecule has 0 saturated heterocycles. The van der Waals surface area contributed by atoms with Gasteiger partial charge in [0.1, 0.15) is 11.2 Å². The SMILES string of the molecule is c1ccc(-c2nc(-c3ccccc3)nc(-c3ccc4oc5cc6c(cc5c4c3)C3(c4ccccc4-c4ccccc43)c3ccccc3-6)n2)cc1. The number of benzene rings is 7. The van der Waals surface area contributed by atoms with Crippen molar-refractivity contribution in [2.75, 3.05) is 0 Å². The smallest absolute Gasteiger partial charge is 0.164 e. The second kappa shape index (κ2) is 10.2. The minimum Gasteiger partial charge on any atom is -0.456 e. The summed E-state index contributed by atoms with van der Waals surface area (Å²) in [5.41, 5.74) is 14.4. The number of aromatic nitrogens is 3. The van der Waals surface area contributed by atoms with Crippen LogP contribution in [0.3, 0.4) is 0 Å². The summed E-state index contributed by atoms with van der Waals surface area (Å²) in [7, 11) is 0. The zero-order valence-corrected chi connectivity index (χ0v) is 26.8. The Hall–Kier alpha value is -6.65. The van der Waals surface area contributed by atoms with E-state index in [1.165, 1.54) is 44.5 Å². The van der Waals surface area contributed by atoms with Crippen LogP contribution in [0.2, 0.25) is 0 Å². The highest BCUT2D eigenvalue weighted by atomic mass is 16.3. The molecule has 0 atom stereocenters. The Morgan fingerprint density at radius 3 is 1.36 bits per heavy atom. The molecule has 0 bridgehead atoms. The summed E-state index contributed by atoms with van der Waals surface area (Å²) >= 11 is 0. The van der Waals surface area contributed by atoms with Gasteiger partial charge in [-0.2, -0.15) is 0 Å². The molecule has 2 aromatic heterocycles. The lowest BCUT2D eigenvalue weighted by atomic mass is 9.70. The van der Waals surface area contributed by atoms with Crippen molar-refractivity contribution < 1.29 is 4.42 Å². The summed E-state index contributed by atoms with van der Waals surface area (Å²) in [6, 6.07) is 57.8. The van der Waals surface area contributed by atoms with Crippen molar-refractivity contribution >= 4 is 21.9 Å². The van der Waals surface area contributed by atoms with Crippen LogP contribution < -0.4 is 0 Å². The molecular weight excluding hydrogens is 611 g/mol. The molecule has 0 radical (unpaired) electrons. The molecule has 4 nitrogen and oxygen atoms in total. The first kappa shape index (κ1) is 27.3. The van der Waals surface area contributed by atoms with Gasteiger partial charge in [-0.1, -0.05) is 133 Å². The number of furan rings is 1. The lowest BCUT2D eigenvalue weighted by Gasteiger charge is -2.30. The van der Waals surface area contributed by atoms with E-state index in [2.05, 4.69) is 97.1 Å². The third-order valence-corrected chi connectivity index (χ3v) is 10.5. The van der Waals surface area contributed by atoms with Crippen LogP contribution in [0, 0.1) is 0 Å². The highest BCUT2D eigenvalue weighted by Gasteiger charge is 2.51. The highest BCUT2D eigenvalue weighted by Crippen LogP contribution is 2.63. The van der Waals surface area contributed by atoms with E-state index in [-0.39, 0.29) is 0 Å². The number of nitrogens with zero attached hydrogens (tertiary/aromatic N) is 3. The minimum absolute atomic E-state index is 0.419. The first-order valence-electron chi connectivity index (χ1n) is 16.9. The Kier molecular flexibility index (Phi) is 5.56. The first-order valence-corrected chi connectivity index (χ1v) is 16.9. The van der Waals surface area contributed by atoms with Gasteiger partial charge < -0.3 is 4.42 Å². The molecule has 2 aliphatic rings. The summed E-state index contributed by atoms with van der Waals surface area (Å²) in [4.78, 5) is 14.9. The molecule has 7 aromatic carbocycles. The van der Waals surface area contributed by atoms with Crippen molar-refractivity contribution in [3.05, 3.63) is 186 Å². The molecular formula is C46H27N3O. The van der Waals surface area contributed by atoms with Gasteiger partial charge in [0, 0.05) is 27.5 Å². The Morgan fingerprint density at radius 1 is 0.340 bits per heavy atom. The molecule has 9 aromatic rings. The molecule has 0 aliphatic heterocycles. The number of fused-ring (bicyclic) bond motifs is 13. The zero-order chi connectivity index (χ0) is 32.8. The van der Waals surface area contributed by atoms with E-state index in [0.29, 0.717) is 17.5 Å². The maximum atomic E-state index is 6.61. The average Bonchev–Trinajstić information content (AvgIpc) is 3.80. The van der Waals surface area contributed by atoms with E-state index >= 15 is 0 Å². The minimum atomic E-state index is -0.419. The molecule has 2 aliphatic carbocycles. The summed E-state index contributed by atoms with van der Waals surface area (Å²) in [6.45, 7) is 0. The third-order valence-electron chi connectivity index (χ3n) is 10.5. The van der Waals surface area contributed by atoms with Gasteiger partial charge in [-0.25, -0.2) is 15.0 Å². The Bertz CT molecular complexity index is 2720. The van der Waals surface area contributed by atoms with Crippen molar-refractivity contribution in [3.8, 4) is 56.4 Å². The highest BCUT2D eigenvalue weighted by molar-refractivity contribution is 6.09. The maximum Gasteiger partial charge on any atom is 0.164 e. The second-order valence-electron chi connectivity index (χ2n) is 13.1. The van der Waals surface area contributed by atoms with Crippen molar-refractivity contribution in [2.45, 2.75) is 5.41 Å². The van der Waals surface area contributed by atoms with E-state index in [9.17, 15) is 0 Å². The summed E-state index contributed by atoms with van der Waals surface area (Å²) in [5.74, 6) is 1.91. The van der Waals surface area contributed by atoms with Crippen molar-refractivity contribution in [2.24, 2.45) is 0 Å². The maximum absolute atomic E-state index is 6.61. The van der Waals surface area contributed by atoms with Gasteiger partial charge >= 0.3 is 0 Å². The zero-order valence-electron chi connectivity index (χ0n) is 26.8. The van der Waals surface area contributed by atoms with Gasteiger partial charge in [0.05, 0.1) is 5.41 Å². The van der Waals surface area contributed by atoms with Crippen LogP contribution >= 0.6 is 0 Å². The molecule has 1 spiro atoms.